The van der Waals surface area contributed by atoms with Gasteiger partial charge in [-0.1, -0.05) is 35.3 Å². The van der Waals surface area contributed by atoms with Gasteiger partial charge >= 0.3 is 12.0 Å². The molecule has 4 atom stereocenters. The number of β-lactam (4-membered cyclic amide) rings is 1. The van der Waals surface area contributed by atoms with Crippen molar-refractivity contribution in [3.8, 4) is 0 Å². The second-order valence-corrected chi connectivity index (χ2v) is 11.2. The van der Waals surface area contributed by atoms with E-state index in [-0.39, 0.29) is 29.9 Å². The van der Waals surface area contributed by atoms with Crippen molar-refractivity contribution in [3.05, 3.63) is 17.2 Å². The molecule has 3 amide bonds. The van der Waals surface area contributed by atoms with Gasteiger partial charge in [-0.15, -0.1) is 22.0 Å². The Bertz CT molecular complexity index is 878. The number of allylic oxidation sites excluding steroid dienone is 1. The Labute approximate surface area is 186 Å². The molecule has 0 bridgehead atoms. The van der Waals surface area contributed by atoms with Gasteiger partial charge in [-0.2, -0.15) is 0 Å². The summed E-state index contributed by atoms with van der Waals surface area (Å²) in [6.07, 6.45) is 6.77. The minimum Gasteiger partial charge on any atom is -0.481 e. The molecule has 3 unspecified atom stereocenters. The van der Waals surface area contributed by atoms with E-state index in [4.69, 9.17) is 0 Å². The molecule has 0 saturated carbocycles. The first-order valence-corrected chi connectivity index (χ1v) is 12.5. The fourth-order valence-corrected chi connectivity index (χ4v) is 7.41. The summed E-state index contributed by atoms with van der Waals surface area (Å²) in [5.74, 6) is -0.467. The third-order valence-corrected chi connectivity index (χ3v) is 9.32. The van der Waals surface area contributed by atoms with Crippen LogP contribution in [0, 0.1) is 12.3 Å². The Morgan fingerprint density at radius 1 is 1.37 bits per heavy atom. The van der Waals surface area contributed by atoms with Crippen LogP contribution >= 0.6 is 34.9 Å². The molecule has 3 aliphatic rings. The number of carboxylic acids is 1. The topological polar surface area (TPSA) is 125 Å². The summed E-state index contributed by atoms with van der Waals surface area (Å²) in [5.41, 5.74) is -1.05. The molecule has 12 heteroatoms. The van der Waals surface area contributed by atoms with Gasteiger partial charge in [-0.25, -0.2) is 4.79 Å². The van der Waals surface area contributed by atoms with E-state index in [2.05, 4.69) is 26.9 Å². The van der Waals surface area contributed by atoms with Crippen LogP contribution < -0.4 is 10.6 Å². The van der Waals surface area contributed by atoms with E-state index in [1.165, 1.54) is 34.9 Å². The van der Waals surface area contributed by atoms with Crippen LogP contribution in [0.3, 0.4) is 0 Å². The molecule has 2 saturated heterocycles. The molecule has 30 heavy (non-hydrogen) atoms. The van der Waals surface area contributed by atoms with Crippen LogP contribution in [0.2, 0.25) is 0 Å². The van der Waals surface area contributed by atoms with Crippen LogP contribution in [-0.4, -0.2) is 73.6 Å². The molecular weight excluding hydrogens is 446 g/mol. The maximum absolute atomic E-state index is 12.7. The molecule has 1 aromatic heterocycles. The monoisotopic (exact) mass is 469 g/mol. The van der Waals surface area contributed by atoms with Gasteiger partial charge in [0.2, 0.25) is 5.91 Å². The zero-order valence-corrected chi connectivity index (χ0v) is 18.8. The van der Waals surface area contributed by atoms with Crippen molar-refractivity contribution in [3.63, 3.8) is 0 Å². The number of fused-ring (bicyclic) bond motifs is 1. The number of carbonyl (C=O) groups excluding carboxylic acids is 2. The summed E-state index contributed by atoms with van der Waals surface area (Å²) >= 11 is 4.20. The van der Waals surface area contributed by atoms with Gasteiger partial charge in [0.1, 0.15) is 21.8 Å². The van der Waals surface area contributed by atoms with Gasteiger partial charge in [0, 0.05) is 24.1 Å². The minimum atomic E-state index is -1.05. The first kappa shape index (κ1) is 21.4. The molecule has 3 heterocycles. The third kappa shape index (κ3) is 4.30. The molecule has 2 fully saturated rings. The summed E-state index contributed by atoms with van der Waals surface area (Å²) in [7, 11) is 0. The van der Waals surface area contributed by atoms with Gasteiger partial charge in [0.15, 0.2) is 4.34 Å². The van der Waals surface area contributed by atoms with Gasteiger partial charge < -0.3 is 20.6 Å². The lowest BCUT2D eigenvalue weighted by Gasteiger charge is -2.53. The number of aryl methyl sites for hydroxylation is 1. The Balaban J connectivity index is 1.34. The number of thioether (sulfide) groups is 2. The van der Waals surface area contributed by atoms with E-state index in [0.717, 1.165) is 28.6 Å². The maximum Gasteiger partial charge on any atom is 0.315 e. The average Bonchev–Trinajstić information content (AvgIpc) is 3.16. The van der Waals surface area contributed by atoms with E-state index in [1.807, 2.05) is 13.0 Å². The summed E-state index contributed by atoms with van der Waals surface area (Å²) in [6, 6.07) is -0.869. The highest BCUT2D eigenvalue weighted by atomic mass is 32.2. The van der Waals surface area contributed by atoms with Crippen molar-refractivity contribution in [1.82, 2.24) is 25.7 Å². The maximum atomic E-state index is 12.7. The predicted octanol–water partition coefficient (Wildman–Crippen LogP) is 1.70. The highest BCUT2D eigenvalue weighted by Crippen LogP contribution is 2.44. The predicted molar refractivity (Wildman–Crippen MR) is 116 cm³/mol. The fraction of sp³-hybridized carbons (Fsp3) is 0.611. The lowest BCUT2D eigenvalue weighted by Crippen LogP contribution is -2.74. The van der Waals surface area contributed by atoms with Crippen molar-refractivity contribution in [2.24, 2.45) is 5.41 Å². The van der Waals surface area contributed by atoms with Gasteiger partial charge in [-0.3, -0.25) is 9.59 Å². The van der Waals surface area contributed by atoms with Crippen LogP contribution in [0.15, 0.2) is 16.5 Å². The molecule has 0 spiro atoms. The number of hydrogen-bond acceptors (Lipinski definition) is 8. The van der Waals surface area contributed by atoms with Crippen LogP contribution in [-0.2, 0) is 9.59 Å². The largest absolute Gasteiger partial charge is 0.481 e. The minimum absolute atomic E-state index is 0.0842. The molecule has 0 aromatic carbocycles. The molecule has 4 rings (SSSR count). The number of aliphatic carboxylic acids is 1. The molecule has 3 N–H and O–H groups in total. The van der Waals surface area contributed by atoms with Gasteiger partial charge in [0.05, 0.1) is 0 Å². The number of nitrogens with zero attached hydrogens (tertiary/aromatic N) is 3. The van der Waals surface area contributed by atoms with Crippen molar-refractivity contribution in [1.29, 1.82) is 0 Å². The molecule has 162 valence electrons. The number of rotatable bonds is 6. The van der Waals surface area contributed by atoms with Crippen LogP contribution in [0.5, 0.6) is 0 Å². The van der Waals surface area contributed by atoms with Crippen molar-refractivity contribution in [2.75, 3.05) is 18.1 Å². The van der Waals surface area contributed by atoms with Gasteiger partial charge in [-0.05, 0) is 26.2 Å². The second-order valence-electron chi connectivity index (χ2n) is 7.71. The fourth-order valence-electron chi connectivity index (χ4n) is 3.74. The lowest BCUT2D eigenvalue weighted by molar-refractivity contribution is -0.156. The number of urea groups is 1. The first-order chi connectivity index (χ1) is 14.4. The summed E-state index contributed by atoms with van der Waals surface area (Å²) in [4.78, 5) is 38.6. The number of amides is 3. The SMILES string of the molecule is Cc1nnc(SCC2(C(=O)O)CS[C@@H]3C(NC(=O)NC4CC=CCC4)C(=O)N3C2)s1. The molecule has 2 aliphatic heterocycles. The van der Waals surface area contributed by atoms with E-state index in [0.29, 0.717) is 11.5 Å². The number of aromatic nitrogens is 2. The quantitative estimate of drug-likeness (QED) is 0.327. The third-order valence-electron chi connectivity index (χ3n) is 5.47. The van der Waals surface area contributed by atoms with Crippen molar-refractivity contribution >= 4 is 52.8 Å². The van der Waals surface area contributed by atoms with Crippen LogP contribution in [0.25, 0.3) is 0 Å². The standard InChI is InChI=1S/C18H23N5O4S3/c1-10-21-22-17(30-10)29-9-18(15(25)26)7-23-13(24)12(14(23)28-8-18)20-16(27)19-11-5-3-2-4-6-11/h2-3,11-12,14H,4-9H2,1H3,(H,25,26)(H2,19,20,27)/t11?,12?,14-,18?/m1/s1. The van der Waals surface area contributed by atoms with Crippen LogP contribution in [0.1, 0.15) is 24.3 Å². The van der Waals surface area contributed by atoms with E-state index in [9.17, 15) is 19.5 Å². The molecular formula is C18H23N5O4S3. The zero-order valence-electron chi connectivity index (χ0n) is 16.4. The highest BCUT2D eigenvalue weighted by molar-refractivity contribution is 8.01. The smallest absolute Gasteiger partial charge is 0.315 e. The number of carboxylic acid groups (broad SMARTS) is 1. The Hall–Kier alpha value is -1.79. The number of carbonyl (C=O) groups is 3. The second kappa shape index (κ2) is 8.75. The molecule has 1 aromatic rings. The van der Waals surface area contributed by atoms with Gasteiger partial charge in [0.25, 0.3) is 0 Å². The number of nitrogens with one attached hydrogen (secondary N) is 2. The Kier molecular flexibility index (Phi) is 6.26. The van der Waals surface area contributed by atoms with E-state index >= 15 is 0 Å². The average molecular weight is 470 g/mol. The summed E-state index contributed by atoms with van der Waals surface area (Å²) in [5, 5.41) is 24.2. The highest BCUT2D eigenvalue weighted by Gasteiger charge is 2.57. The molecule has 1 aliphatic carbocycles. The Morgan fingerprint density at radius 2 is 2.20 bits per heavy atom. The summed E-state index contributed by atoms with van der Waals surface area (Å²) in [6.45, 7) is 1.99. The summed E-state index contributed by atoms with van der Waals surface area (Å²) < 4.78 is 0.726. The van der Waals surface area contributed by atoms with E-state index in [1.54, 1.807) is 4.90 Å². The van der Waals surface area contributed by atoms with Crippen LogP contribution in [0.4, 0.5) is 4.79 Å². The first-order valence-electron chi connectivity index (χ1n) is 9.68. The molecule has 0 radical (unpaired) electrons. The van der Waals surface area contributed by atoms with Crippen molar-refractivity contribution in [2.45, 2.75) is 48.0 Å². The lowest BCUT2D eigenvalue weighted by atomic mass is 9.89. The van der Waals surface area contributed by atoms with Crippen molar-refractivity contribution < 1.29 is 19.5 Å². The van der Waals surface area contributed by atoms with E-state index < -0.39 is 17.4 Å². The Morgan fingerprint density at radius 3 is 2.87 bits per heavy atom. The normalized spacial score (nSPS) is 30.4. The zero-order chi connectivity index (χ0) is 21.3. The molecule has 9 nitrogen and oxygen atoms in total. The number of hydrogen-bond donors (Lipinski definition) is 3.